The van der Waals surface area contributed by atoms with Crippen LogP contribution in [0.1, 0.15) is 26.3 Å². The predicted molar refractivity (Wildman–Crippen MR) is 119 cm³/mol. The van der Waals surface area contributed by atoms with E-state index in [1.807, 2.05) is 68.8 Å². The van der Waals surface area contributed by atoms with E-state index in [1.54, 1.807) is 0 Å². The van der Waals surface area contributed by atoms with Crippen molar-refractivity contribution in [2.45, 2.75) is 27.7 Å². The van der Waals surface area contributed by atoms with E-state index in [4.69, 9.17) is 4.74 Å². The Balaban J connectivity index is 0.00000625. The van der Waals surface area contributed by atoms with Crippen molar-refractivity contribution >= 4 is 35.8 Å². The third-order valence-corrected chi connectivity index (χ3v) is 3.80. The van der Waals surface area contributed by atoms with Crippen molar-refractivity contribution in [1.29, 1.82) is 0 Å². The molecule has 1 rings (SSSR count). The van der Waals surface area contributed by atoms with Crippen molar-refractivity contribution in [2.24, 2.45) is 4.99 Å². The Kier molecular flexibility index (Phi) is 12.9. The molecule has 0 unspecified atom stereocenters. The fourth-order valence-corrected chi connectivity index (χ4v) is 2.44. The number of benzene rings is 1. The van der Waals surface area contributed by atoms with Crippen molar-refractivity contribution in [1.82, 2.24) is 15.1 Å². The van der Waals surface area contributed by atoms with E-state index in [2.05, 4.69) is 10.3 Å². The summed E-state index contributed by atoms with van der Waals surface area (Å²) in [4.78, 5) is 20.5. The molecule has 26 heavy (non-hydrogen) atoms. The maximum atomic E-state index is 12.2. The van der Waals surface area contributed by atoms with Crippen molar-refractivity contribution in [3.8, 4) is 5.75 Å². The fourth-order valence-electron chi connectivity index (χ4n) is 2.44. The third kappa shape index (κ3) is 8.73. The lowest BCUT2D eigenvalue weighted by atomic mass is 10.2. The molecule has 0 aromatic heterocycles. The predicted octanol–water partition coefficient (Wildman–Crippen LogP) is 2.76. The summed E-state index contributed by atoms with van der Waals surface area (Å²) in [6.45, 7) is 11.6. The number of guanidine groups is 1. The first-order valence-corrected chi connectivity index (χ1v) is 8.98. The first kappa shape index (κ1) is 24.5. The Bertz CT molecular complexity index is 562. The second-order valence-electron chi connectivity index (χ2n) is 5.82. The molecule has 148 valence electrons. The van der Waals surface area contributed by atoms with E-state index in [9.17, 15) is 4.79 Å². The van der Waals surface area contributed by atoms with Gasteiger partial charge in [0, 0.05) is 26.7 Å². The highest BCUT2D eigenvalue weighted by atomic mass is 127. The number of nitrogens with zero attached hydrogens (tertiary/aromatic N) is 3. The van der Waals surface area contributed by atoms with Gasteiger partial charge in [-0.3, -0.25) is 4.79 Å². The maximum absolute atomic E-state index is 12.2. The van der Waals surface area contributed by atoms with Gasteiger partial charge < -0.3 is 19.9 Å². The highest BCUT2D eigenvalue weighted by Gasteiger charge is 2.14. The molecular formula is C19H33IN4O2. The first-order chi connectivity index (χ1) is 12.0. The number of aryl methyl sites for hydroxylation is 1. The highest BCUT2D eigenvalue weighted by Crippen LogP contribution is 2.11. The van der Waals surface area contributed by atoms with E-state index in [0.29, 0.717) is 19.7 Å². The average molecular weight is 476 g/mol. The van der Waals surface area contributed by atoms with Gasteiger partial charge in [0.05, 0.1) is 13.1 Å². The van der Waals surface area contributed by atoms with Gasteiger partial charge >= 0.3 is 0 Å². The maximum Gasteiger partial charge on any atom is 0.242 e. The van der Waals surface area contributed by atoms with Crippen LogP contribution >= 0.6 is 24.0 Å². The number of nitrogens with one attached hydrogen (secondary N) is 1. The Morgan fingerprint density at radius 1 is 1.23 bits per heavy atom. The van der Waals surface area contributed by atoms with Crippen LogP contribution in [0.25, 0.3) is 0 Å². The molecule has 0 heterocycles. The largest absolute Gasteiger partial charge is 0.492 e. The summed E-state index contributed by atoms with van der Waals surface area (Å²) in [6, 6.07) is 7.96. The number of hydrogen-bond donors (Lipinski definition) is 1. The van der Waals surface area contributed by atoms with Crippen LogP contribution in [0.5, 0.6) is 5.75 Å². The Morgan fingerprint density at radius 2 is 1.92 bits per heavy atom. The molecule has 1 amide bonds. The number of hydrogen-bond acceptors (Lipinski definition) is 3. The number of carbonyl (C=O) groups excluding carboxylic acids is 1. The Hall–Kier alpha value is -1.51. The summed E-state index contributed by atoms with van der Waals surface area (Å²) in [5.41, 5.74) is 1.17. The Morgan fingerprint density at radius 3 is 2.50 bits per heavy atom. The van der Waals surface area contributed by atoms with E-state index < -0.39 is 0 Å². The van der Waals surface area contributed by atoms with Gasteiger partial charge in [-0.1, -0.05) is 12.1 Å². The average Bonchev–Trinajstić information content (AvgIpc) is 2.58. The summed E-state index contributed by atoms with van der Waals surface area (Å²) in [7, 11) is 1.88. The molecule has 0 aliphatic carbocycles. The zero-order valence-electron chi connectivity index (χ0n) is 16.6. The molecular weight excluding hydrogens is 443 g/mol. The monoisotopic (exact) mass is 476 g/mol. The van der Waals surface area contributed by atoms with E-state index >= 15 is 0 Å². The lowest BCUT2D eigenvalue weighted by Gasteiger charge is -2.25. The minimum Gasteiger partial charge on any atom is -0.492 e. The van der Waals surface area contributed by atoms with Gasteiger partial charge in [-0.25, -0.2) is 4.99 Å². The van der Waals surface area contributed by atoms with Crippen LogP contribution in [-0.2, 0) is 4.79 Å². The molecule has 7 heteroatoms. The molecule has 6 nitrogen and oxygen atoms in total. The fraction of sp³-hybridized carbons (Fsp3) is 0.579. The van der Waals surface area contributed by atoms with E-state index in [1.165, 1.54) is 5.56 Å². The number of likely N-dealkylation sites (N-methyl/N-ethyl adjacent to an activating group) is 2. The third-order valence-electron chi connectivity index (χ3n) is 3.80. The van der Waals surface area contributed by atoms with E-state index in [0.717, 1.165) is 31.3 Å². The number of amides is 1. The van der Waals surface area contributed by atoms with Crippen LogP contribution in [0.3, 0.4) is 0 Å². The van der Waals surface area contributed by atoms with E-state index in [-0.39, 0.29) is 29.9 Å². The van der Waals surface area contributed by atoms with Gasteiger partial charge in [-0.05, 0) is 45.4 Å². The second kappa shape index (κ2) is 13.7. The zero-order chi connectivity index (χ0) is 18.7. The normalized spacial score (nSPS) is 10.7. The minimum absolute atomic E-state index is 0. The van der Waals surface area contributed by atoms with Crippen molar-refractivity contribution in [3.05, 3.63) is 29.8 Å². The number of rotatable bonds is 9. The summed E-state index contributed by atoms with van der Waals surface area (Å²) in [6.07, 6.45) is 0. The first-order valence-electron chi connectivity index (χ1n) is 8.98. The Labute approximate surface area is 175 Å². The van der Waals surface area contributed by atoms with Crippen molar-refractivity contribution in [2.75, 3.05) is 46.4 Å². The van der Waals surface area contributed by atoms with Gasteiger partial charge in [0.1, 0.15) is 12.4 Å². The highest BCUT2D eigenvalue weighted by molar-refractivity contribution is 14.0. The number of ether oxygens (including phenoxy) is 1. The lowest BCUT2D eigenvalue weighted by molar-refractivity contribution is -0.131. The smallest absolute Gasteiger partial charge is 0.242 e. The van der Waals surface area contributed by atoms with Gasteiger partial charge in [0.15, 0.2) is 5.96 Å². The molecule has 0 spiro atoms. The van der Waals surface area contributed by atoms with Crippen LogP contribution < -0.4 is 10.1 Å². The number of aliphatic imine (C=N–C) groups is 1. The van der Waals surface area contributed by atoms with Crippen LogP contribution in [0.4, 0.5) is 0 Å². The molecule has 1 aromatic carbocycles. The van der Waals surface area contributed by atoms with Crippen LogP contribution in [0, 0.1) is 6.92 Å². The van der Waals surface area contributed by atoms with Crippen molar-refractivity contribution < 1.29 is 9.53 Å². The topological polar surface area (TPSA) is 57.2 Å². The summed E-state index contributed by atoms with van der Waals surface area (Å²) in [5, 5.41) is 3.22. The van der Waals surface area contributed by atoms with Gasteiger partial charge in [-0.15, -0.1) is 24.0 Å². The molecule has 0 radical (unpaired) electrons. The second-order valence-corrected chi connectivity index (χ2v) is 5.82. The standard InChI is InChI=1S/C19H32N4O2.HI/c1-6-20-19(22(5)15-18(24)23(7-2)8-3)21-12-13-25-17-11-9-10-16(4)14-17;/h9-11,14H,6-8,12-13,15H2,1-5H3,(H,20,21);1H. The molecule has 0 bridgehead atoms. The molecule has 0 aliphatic heterocycles. The lowest BCUT2D eigenvalue weighted by Crippen LogP contribution is -2.45. The summed E-state index contributed by atoms with van der Waals surface area (Å²) >= 11 is 0. The molecule has 0 saturated carbocycles. The summed E-state index contributed by atoms with van der Waals surface area (Å²) < 4.78 is 5.72. The van der Waals surface area contributed by atoms with Crippen LogP contribution in [-0.4, -0.2) is 68.0 Å². The molecule has 0 atom stereocenters. The molecule has 0 fully saturated rings. The number of carbonyl (C=O) groups is 1. The van der Waals surface area contributed by atoms with Gasteiger partial charge in [0.2, 0.25) is 5.91 Å². The van der Waals surface area contributed by atoms with Gasteiger partial charge in [-0.2, -0.15) is 0 Å². The SMILES string of the molecule is CCNC(=NCCOc1cccc(C)c1)N(C)CC(=O)N(CC)CC.I. The van der Waals surface area contributed by atoms with Crippen molar-refractivity contribution in [3.63, 3.8) is 0 Å². The summed E-state index contributed by atoms with van der Waals surface area (Å²) in [5.74, 6) is 1.68. The molecule has 1 aromatic rings. The molecule has 0 aliphatic rings. The minimum atomic E-state index is 0. The van der Waals surface area contributed by atoms with Crippen LogP contribution in [0.15, 0.2) is 29.3 Å². The molecule has 0 saturated heterocycles. The quantitative estimate of drug-likeness (QED) is 0.258. The molecule has 1 N–H and O–H groups in total. The number of halogens is 1. The van der Waals surface area contributed by atoms with Crippen LogP contribution in [0.2, 0.25) is 0 Å². The van der Waals surface area contributed by atoms with Gasteiger partial charge in [0.25, 0.3) is 0 Å². The zero-order valence-corrected chi connectivity index (χ0v) is 18.9.